The summed E-state index contributed by atoms with van der Waals surface area (Å²) in [6, 6.07) is 0.514. The van der Waals surface area contributed by atoms with Crippen LogP contribution in [-0.2, 0) is 4.79 Å². The monoisotopic (exact) mass is 252 g/mol. The van der Waals surface area contributed by atoms with Crippen LogP contribution >= 0.6 is 0 Å². The van der Waals surface area contributed by atoms with E-state index < -0.39 is 0 Å². The fourth-order valence-electron chi connectivity index (χ4n) is 3.54. The molecular weight excluding hydrogens is 224 g/mol. The minimum Gasteiger partial charge on any atom is -0.341 e. The molecule has 3 nitrogen and oxygen atoms in total. The number of nitrogens with zero attached hydrogens (tertiary/aromatic N) is 1. The van der Waals surface area contributed by atoms with Gasteiger partial charge in [-0.05, 0) is 32.2 Å². The number of carbonyl (C=O) groups is 1. The van der Waals surface area contributed by atoms with E-state index in [0.717, 1.165) is 38.9 Å². The van der Waals surface area contributed by atoms with Crippen LogP contribution in [0.15, 0.2) is 0 Å². The molecule has 1 saturated heterocycles. The van der Waals surface area contributed by atoms with Gasteiger partial charge in [0.2, 0.25) is 5.91 Å². The molecule has 1 heterocycles. The van der Waals surface area contributed by atoms with Gasteiger partial charge in [-0.25, -0.2) is 0 Å². The molecule has 0 aromatic carbocycles. The number of nitrogens with one attached hydrogen (secondary N) is 1. The molecule has 0 bridgehead atoms. The van der Waals surface area contributed by atoms with Gasteiger partial charge in [0.1, 0.15) is 0 Å². The van der Waals surface area contributed by atoms with E-state index in [2.05, 4.69) is 24.1 Å². The topological polar surface area (TPSA) is 32.3 Å². The van der Waals surface area contributed by atoms with Gasteiger partial charge in [-0.2, -0.15) is 0 Å². The van der Waals surface area contributed by atoms with E-state index in [1.54, 1.807) is 0 Å². The van der Waals surface area contributed by atoms with Crippen molar-refractivity contribution >= 4 is 5.91 Å². The van der Waals surface area contributed by atoms with Crippen molar-refractivity contribution in [3.8, 4) is 0 Å². The van der Waals surface area contributed by atoms with E-state index in [0.29, 0.717) is 11.9 Å². The smallest absolute Gasteiger partial charge is 0.228 e. The molecule has 0 aromatic heterocycles. The standard InChI is InChI=1S/C15H28N2O/c1-3-16-13-8-7-11-17(12-13)14(18)15(2)9-5-4-6-10-15/h13,16H,3-12H2,1-2H3. The molecule has 1 N–H and O–H groups in total. The highest BCUT2D eigenvalue weighted by Gasteiger charge is 2.38. The zero-order chi connectivity index (χ0) is 13.0. The molecule has 1 amide bonds. The first-order valence-corrected chi connectivity index (χ1v) is 7.68. The second-order valence-corrected chi connectivity index (χ2v) is 6.27. The minimum atomic E-state index is -0.0631. The van der Waals surface area contributed by atoms with Crippen molar-refractivity contribution in [3.63, 3.8) is 0 Å². The number of carbonyl (C=O) groups excluding carboxylic acids is 1. The van der Waals surface area contributed by atoms with E-state index in [4.69, 9.17) is 0 Å². The second kappa shape index (κ2) is 6.05. The Morgan fingerprint density at radius 3 is 2.67 bits per heavy atom. The third kappa shape index (κ3) is 3.05. The lowest BCUT2D eigenvalue weighted by molar-refractivity contribution is -0.144. The lowest BCUT2D eigenvalue weighted by Crippen LogP contribution is -2.52. The Kier molecular flexibility index (Phi) is 4.66. The molecule has 2 fully saturated rings. The van der Waals surface area contributed by atoms with Crippen LogP contribution in [0.25, 0.3) is 0 Å². The fraction of sp³-hybridized carbons (Fsp3) is 0.933. The molecule has 3 heteroatoms. The number of likely N-dealkylation sites (N-methyl/N-ethyl adjacent to an activating group) is 1. The van der Waals surface area contributed by atoms with Crippen molar-refractivity contribution in [2.45, 2.75) is 64.8 Å². The van der Waals surface area contributed by atoms with Crippen molar-refractivity contribution in [2.75, 3.05) is 19.6 Å². The van der Waals surface area contributed by atoms with Crippen molar-refractivity contribution in [3.05, 3.63) is 0 Å². The van der Waals surface area contributed by atoms with E-state index in [1.165, 1.54) is 25.7 Å². The molecule has 1 aliphatic heterocycles. The number of hydrogen-bond donors (Lipinski definition) is 1. The summed E-state index contributed by atoms with van der Waals surface area (Å²) in [5.74, 6) is 0.421. The summed E-state index contributed by atoms with van der Waals surface area (Å²) in [7, 11) is 0. The zero-order valence-corrected chi connectivity index (χ0v) is 12.0. The Morgan fingerprint density at radius 2 is 2.00 bits per heavy atom. The maximum absolute atomic E-state index is 12.7. The number of hydrogen-bond acceptors (Lipinski definition) is 2. The molecule has 1 aliphatic carbocycles. The van der Waals surface area contributed by atoms with Crippen LogP contribution in [0.5, 0.6) is 0 Å². The molecule has 2 rings (SSSR count). The average Bonchev–Trinajstić information content (AvgIpc) is 2.39. The lowest BCUT2D eigenvalue weighted by atomic mass is 9.74. The Bertz CT molecular complexity index is 282. The number of amides is 1. The highest BCUT2D eigenvalue weighted by molar-refractivity contribution is 5.82. The third-order valence-corrected chi connectivity index (χ3v) is 4.67. The summed E-state index contributed by atoms with van der Waals surface area (Å²) < 4.78 is 0. The Balaban J connectivity index is 1.95. The van der Waals surface area contributed by atoms with E-state index in [-0.39, 0.29) is 5.41 Å². The first-order chi connectivity index (χ1) is 8.65. The van der Waals surface area contributed by atoms with E-state index in [9.17, 15) is 4.79 Å². The first kappa shape index (κ1) is 13.9. The zero-order valence-electron chi connectivity index (χ0n) is 12.0. The first-order valence-electron chi connectivity index (χ1n) is 7.68. The maximum Gasteiger partial charge on any atom is 0.228 e. The van der Waals surface area contributed by atoms with Crippen molar-refractivity contribution in [2.24, 2.45) is 5.41 Å². The summed E-state index contributed by atoms with van der Waals surface area (Å²) in [4.78, 5) is 14.8. The average molecular weight is 252 g/mol. The predicted octanol–water partition coefficient (Wildman–Crippen LogP) is 2.56. The molecule has 1 atom stereocenters. The summed E-state index contributed by atoms with van der Waals surface area (Å²) in [6.45, 7) is 7.22. The van der Waals surface area contributed by atoms with Crippen LogP contribution < -0.4 is 5.32 Å². The predicted molar refractivity (Wildman–Crippen MR) is 74.5 cm³/mol. The van der Waals surface area contributed by atoms with Crippen LogP contribution in [-0.4, -0.2) is 36.5 Å². The van der Waals surface area contributed by atoms with Gasteiger partial charge in [-0.15, -0.1) is 0 Å². The van der Waals surface area contributed by atoms with Gasteiger partial charge in [-0.1, -0.05) is 33.1 Å². The van der Waals surface area contributed by atoms with Crippen LogP contribution in [0.1, 0.15) is 58.8 Å². The van der Waals surface area contributed by atoms with Gasteiger partial charge in [0.05, 0.1) is 0 Å². The van der Waals surface area contributed by atoms with Gasteiger partial charge >= 0.3 is 0 Å². The summed E-state index contributed by atoms with van der Waals surface area (Å²) in [6.07, 6.45) is 8.32. The molecule has 0 aromatic rings. The summed E-state index contributed by atoms with van der Waals surface area (Å²) in [5, 5.41) is 3.49. The highest BCUT2D eigenvalue weighted by Crippen LogP contribution is 2.37. The second-order valence-electron chi connectivity index (χ2n) is 6.27. The maximum atomic E-state index is 12.7. The van der Waals surface area contributed by atoms with Crippen molar-refractivity contribution < 1.29 is 4.79 Å². The number of likely N-dealkylation sites (tertiary alicyclic amines) is 1. The molecule has 0 radical (unpaired) electrons. The Labute approximate surface area is 111 Å². The van der Waals surface area contributed by atoms with Gasteiger partial charge in [0.15, 0.2) is 0 Å². The Hall–Kier alpha value is -0.570. The summed E-state index contributed by atoms with van der Waals surface area (Å²) >= 11 is 0. The molecule has 18 heavy (non-hydrogen) atoms. The lowest BCUT2D eigenvalue weighted by Gasteiger charge is -2.40. The van der Waals surface area contributed by atoms with Crippen LogP contribution in [0, 0.1) is 5.41 Å². The largest absolute Gasteiger partial charge is 0.341 e. The van der Waals surface area contributed by atoms with E-state index in [1.807, 2.05) is 0 Å². The Morgan fingerprint density at radius 1 is 1.28 bits per heavy atom. The van der Waals surface area contributed by atoms with Gasteiger partial charge in [-0.3, -0.25) is 4.79 Å². The normalized spacial score (nSPS) is 28.1. The van der Waals surface area contributed by atoms with Crippen LogP contribution in [0.4, 0.5) is 0 Å². The quantitative estimate of drug-likeness (QED) is 0.837. The fourth-order valence-corrected chi connectivity index (χ4v) is 3.54. The molecule has 2 aliphatic rings. The third-order valence-electron chi connectivity index (χ3n) is 4.67. The molecule has 0 spiro atoms. The van der Waals surface area contributed by atoms with Crippen molar-refractivity contribution in [1.82, 2.24) is 10.2 Å². The SMILES string of the molecule is CCNC1CCCN(C(=O)C2(C)CCCCC2)C1. The molecule has 104 valence electrons. The molecular formula is C15H28N2O. The number of rotatable bonds is 3. The van der Waals surface area contributed by atoms with E-state index >= 15 is 0 Å². The highest BCUT2D eigenvalue weighted by atomic mass is 16.2. The number of piperidine rings is 1. The minimum absolute atomic E-state index is 0.0631. The summed E-state index contributed by atoms with van der Waals surface area (Å²) in [5.41, 5.74) is -0.0631. The van der Waals surface area contributed by atoms with Crippen LogP contribution in [0.2, 0.25) is 0 Å². The van der Waals surface area contributed by atoms with Gasteiger partial charge in [0.25, 0.3) is 0 Å². The van der Waals surface area contributed by atoms with Gasteiger partial charge in [0, 0.05) is 24.5 Å². The molecule has 1 saturated carbocycles. The van der Waals surface area contributed by atoms with Crippen LogP contribution in [0.3, 0.4) is 0 Å². The molecule has 1 unspecified atom stereocenters. The van der Waals surface area contributed by atoms with Crippen molar-refractivity contribution in [1.29, 1.82) is 0 Å². The van der Waals surface area contributed by atoms with Gasteiger partial charge < -0.3 is 10.2 Å².